The number of aryl methyl sites for hydroxylation is 2. The fraction of sp³-hybridized carbons (Fsp3) is 0.571. The van der Waals surface area contributed by atoms with E-state index in [1.807, 2.05) is 14.1 Å². The zero-order valence-electron chi connectivity index (χ0n) is 12.0. The van der Waals surface area contributed by atoms with Crippen LogP contribution in [0.3, 0.4) is 0 Å². The number of hydrogen-bond donors (Lipinski definition) is 1. The van der Waals surface area contributed by atoms with E-state index >= 15 is 0 Å². The molecule has 0 fully saturated rings. The van der Waals surface area contributed by atoms with Crippen LogP contribution >= 0.6 is 23.6 Å². The number of nitrogens with one attached hydrogen (secondary N) is 1. The highest BCUT2D eigenvalue weighted by Gasteiger charge is 2.21. The highest BCUT2D eigenvalue weighted by molar-refractivity contribution is 7.71. The predicted molar refractivity (Wildman–Crippen MR) is 86.4 cm³/mol. The number of fused-ring (bicyclic) bond motifs is 3. The first-order valence-corrected chi connectivity index (χ1v) is 8.15. The first-order valence-electron chi connectivity index (χ1n) is 6.93. The topological polar surface area (TPSA) is 41.0 Å². The van der Waals surface area contributed by atoms with Gasteiger partial charge in [0.15, 0.2) is 4.77 Å². The number of rotatable bonds is 3. The molecule has 108 valence electrons. The van der Waals surface area contributed by atoms with Crippen molar-refractivity contribution < 1.29 is 0 Å². The third-order valence-electron chi connectivity index (χ3n) is 4.17. The maximum absolute atomic E-state index is 12.8. The number of H-pyrrole nitrogens is 1. The van der Waals surface area contributed by atoms with Crippen LogP contribution in [0.5, 0.6) is 0 Å². The number of nitrogens with zero attached hydrogens (tertiary/aromatic N) is 2. The molecule has 0 radical (unpaired) electrons. The minimum atomic E-state index is 0.0804. The Morgan fingerprint density at radius 1 is 1.45 bits per heavy atom. The Labute approximate surface area is 127 Å². The summed E-state index contributed by atoms with van der Waals surface area (Å²) in [7, 11) is 4.03. The molecule has 0 bridgehead atoms. The summed E-state index contributed by atoms with van der Waals surface area (Å²) in [5.74, 6) is 0. The second kappa shape index (κ2) is 5.09. The molecule has 1 unspecified atom stereocenters. The Balaban J connectivity index is 2.18. The molecule has 0 aliphatic heterocycles. The number of aromatic amines is 1. The molecule has 1 N–H and O–H groups in total. The monoisotopic (exact) mass is 309 g/mol. The lowest BCUT2D eigenvalue weighted by atomic mass is 10.2. The number of thiophene rings is 1. The van der Waals surface area contributed by atoms with Gasteiger partial charge in [0.05, 0.1) is 5.39 Å². The summed E-state index contributed by atoms with van der Waals surface area (Å²) in [6.45, 7) is 2.73. The van der Waals surface area contributed by atoms with Crippen LogP contribution in [0.15, 0.2) is 4.79 Å². The lowest BCUT2D eigenvalue weighted by molar-refractivity contribution is 0.280. The van der Waals surface area contributed by atoms with Crippen LogP contribution in [0.25, 0.3) is 10.2 Å². The predicted octanol–water partition coefficient (Wildman–Crippen LogP) is 2.56. The van der Waals surface area contributed by atoms with E-state index in [1.54, 1.807) is 15.9 Å². The third kappa shape index (κ3) is 2.16. The van der Waals surface area contributed by atoms with Crippen molar-refractivity contribution in [2.24, 2.45) is 0 Å². The van der Waals surface area contributed by atoms with Gasteiger partial charge in [-0.25, -0.2) is 0 Å². The van der Waals surface area contributed by atoms with Crippen molar-refractivity contribution >= 4 is 33.8 Å². The van der Waals surface area contributed by atoms with Gasteiger partial charge < -0.3 is 9.88 Å². The highest BCUT2D eigenvalue weighted by atomic mass is 32.1. The second-order valence-electron chi connectivity index (χ2n) is 5.72. The number of likely N-dealkylation sites (N-methyl/N-ethyl adjacent to an activating group) is 1. The minimum Gasteiger partial charge on any atom is -0.323 e. The van der Waals surface area contributed by atoms with Crippen molar-refractivity contribution in [2.45, 2.75) is 38.8 Å². The molecule has 1 atom stereocenters. The molecular formula is C14H19N3OS2. The van der Waals surface area contributed by atoms with Gasteiger partial charge in [-0.1, -0.05) is 0 Å². The third-order valence-corrected chi connectivity index (χ3v) is 5.70. The van der Waals surface area contributed by atoms with Crippen molar-refractivity contribution in [3.63, 3.8) is 0 Å². The Morgan fingerprint density at radius 2 is 2.20 bits per heavy atom. The van der Waals surface area contributed by atoms with Gasteiger partial charge >= 0.3 is 0 Å². The fourth-order valence-electron chi connectivity index (χ4n) is 2.70. The lowest BCUT2D eigenvalue weighted by Crippen LogP contribution is -2.34. The summed E-state index contributed by atoms with van der Waals surface area (Å²) in [5.41, 5.74) is 1.34. The van der Waals surface area contributed by atoms with Gasteiger partial charge in [0.1, 0.15) is 4.83 Å². The lowest BCUT2D eigenvalue weighted by Gasteiger charge is -2.20. The van der Waals surface area contributed by atoms with E-state index in [1.165, 1.54) is 16.9 Å². The molecule has 0 spiro atoms. The Kier molecular flexibility index (Phi) is 3.56. The molecule has 1 aliphatic rings. The summed E-state index contributed by atoms with van der Waals surface area (Å²) in [6, 6.07) is 0.270. The smallest absolute Gasteiger partial charge is 0.263 e. The SMILES string of the molecule is CC(Cn1c(=S)[nH]c2sc3c(c2c1=O)CCC3)N(C)C. The molecule has 0 saturated carbocycles. The molecule has 2 aromatic rings. The highest BCUT2D eigenvalue weighted by Crippen LogP contribution is 2.34. The van der Waals surface area contributed by atoms with E-state index in [0.717, 1.165) is 23.1 Å². The Morgan fingerprint density at radius 3 is 2.90 bits per heavy atom. The van der Waals surface area contributed by atoms with Gasteiger partial charge in [-0.05, 0) is 58.1 Å². The maximum atomic E-state index is 12.8. The summed E-state index contributed by atoms with van der Waals surface area (Å²) in [4.78, 5) is 20.5. The van der Waals surface area contributed by atoms with Crippen molar-refractivity contribution in [2.75, 3.05) is 14.1 Å². The largest absolute Gasteiger partial charge is 0.323 e. The molecule has 2 heterocycles. The standard InChI is InChI=1S/C14H19N3OS2/c1-8(16(2)3)7-17-13(18)11-9-5-4-6-10(9)20-12(11)15-14(17)19/h8H,4-7H2,1-3H3,(H,15,19). The van der Waals surface area contributed by atoms with Crippen LogP contribution in [0.1, 0.15) is 23.8 Å². The summed E-state index contributed by atoms with van der Waals surface area (Å²) < 4.78 is 2.25. The average Bonchev–Trinajstić information content (AvgIpc) is 2.93. The fourth-order valence-corrected chi connectivity index (χ4v) is 4.31. The summed E-state index contributed by atoms with van der Waals surface area (Å²) in [6.07, 6.45) is 3.29. The maximum Gasteiger partial charge on any atom is 0.263 e. The zero-order chi connectivity index (χ0) is 14.4. The molecule has 2 aromatic heterocycles. The Bertz CT molecular complexity index is 769. The van der Waals surface area contributed by atoms with Gasteiger partial charge in [-0.15, -0.1) is 11.3 Å². The van der Waals surface area contributed by atoms with Gasteiger partial charge in [0, 0.05) is 17.5 Å². The van der Waals surface area contributed by atoms with Crippen molar-refractivity contribution in [3.05, 3.63) is 25.6 Å². The van der Waals surface area contributed by atoms with Crippen molar-refractivity contribution in [3.8, 4) is 0 Å². The molecule has 3 rings (SSSR count). The first kappa shape index (κ1) is 14.0. The normalized spacial score (nSPS) is 16.0. The van der Waals surface area contributed by atoms with Gasteiger partial charge in [0.2, 0.25) is 0 Å². The second-order valence-corrected chi connectivity index (χ2v) is 7.21. The van der Waals surface area contributed by atoms with Crippen LogP contribution in [0.4, 0.5) is 0 Å². The minimum absolute atomic E-state index is 0.0804. The Hall–Kier alpha value is -0.980. The van der Waals surface area contributed by atoms with Gasteiger partial charge in [0.25, 0.3) is 5.56 Å². The van der Waals surface area contributed by atoms with Crippen LogP contribution in [-0.4, -0.2) is 34.6 Å². The van der Waals surface area contributed by atoms with E-state index in [4.69, 9.17) is 12.2 Å². The molecule has 6 heteroatoms. The first-order chi connectivity index (χ1) is 9.49. The van der Waals surface area contributed by atoms with E-state index < -0.39 is 0 Å². The summed E-state index contributed by atoms with van der Waals surface area (Å²) in [5, 5.41) is 0.877. The zero-order valence-corrected chi connectivity index (χ0v) is 13.7. The van der Waals surface area contributed by atoms with Crippen LogP contribution < -0.4 is 5.56 Å². The molecule has 0 amide bonds. The van der Waals surface area contributed by atoms with Crippen molar-refractivity contribution in [1.29, 1.82) is 0 Å². The van der Waals surface area contributed by atoms with Crippen LogP contribution in [0.2, 0.25) is 0 Å². The molecular weight excluding hydrogens is 290 g/mol. The average molecular weight is 309 g/mol. The number of hydrogen-bond acceptors (Lipinski definition) is 4. The molecule has 0 aromatic carbocycles. The molecule has 4 nitrogen and oxygen atoms in total. The van der Waals surface area contributed by atoms with E-state index in [2.05, 4.69) is 16.8 Å². The molecule has 1 aliphatic carbocycles. The van der Waals surface area contributed by atoms with Crippen molar-refractivity contribution in [1.82, 2.24) is 14.5 Å². The summed E-state index contributed by atoms with van der Waals surface area (Å²) >= 11 is 7.08. The van der Waals surface area contributed by atoms with Crippen LogP contribution in [-0.2, 0) is 19.4 Å². The molecule has 0 saturated heterocycles. The van der Waals surface area contributed by atoms with E-state index in [-0.39, 0.29) is 11.6 Å². The van der Waals surface area contributed by atoms with E-state index in [9.17, 15) is 4.79 Å². The quantitative estimate of drug-likeness (QED) is 0.886. The van der Waals surface area contributed by atoms with E-state index in [0.29, 0.717) is 11.3 Å². The van der Waals surface area contributed by atoms with Crippen LogP contribution in [0, 0.1) is 4.77 Å². The molecule has 20 heavy (non-hydrogen) atoms. The number of aromatic nitrogens is 2. The van der Waals surface area contributed by atoms with Gasteiger partial charge in [-0.2, -0.15) is 0 Å². The van der Waals surface area contributed by atoms with Gasteiger partial charge in [-0.3, -0.25) is 9.36 Å².